The fourth-order valence-electron chi connectivity index (χ4n) is 5.96. The molecule has 3 fully saturated rings. The van der Waals surface area contributed by atoms with Crippen molar-refractivity contribution in [3.63, 3.8) is 0 Å². The van der Waals surface area contributed by atoms with Crippen LogP contribution in [-0.2, 0) is 4.79 Å². The van der Waals surface area contributed by atoms with Gasteiger partial charge >= 0.3 is 0 Å². The van der Waals surface area contributed by atoms with Crippen molar-refractivity contribution in [3.8, 4) is 17.0 Å². The molecule has 1 aliphatic carbocycles. The predicted octanol–water partition coefficient (Wildman–Crippen LogP) is 4.26. The third kappa shape index (κ3) is 5.79. The van der Waals surface area contributed by atoms with Gasteiger partial charge in [0.15, 0.2) is 0 Å². The summed E-state index contributed by atoms with van der Waals surface area (Å²) in [5.74, 6) is -0.238. The Kier molecular flexibility index (Phi) is 7.47. The maximum absolute atomic E-state index is 15.0. The average Bonchev–Trinajstić information content (AvgIpc) is 3.38. The number of carbonyl (C=O) groups excluding carboxylic acids is 2. The van der Waals surface area contributed by atoms with Crippen LogP contribution >= 0.6 is 0 Å². The Morgan fingerprint density at radius 3 is 2.51 bits per heavy atom. The van der Waals surface area contributed by atoms with Gasteiger partial charge in [0.2, 0.25) is 5.91 Å². The molecule has 2 aliphatic heterocycles. The lowest BCUT2D eigenvalue weighted by molar-refractivity contribution is -0.121. The third-order valence-corrected chi connectivity index (χ3v) is 8.43. The molecule has 8 heteroatoms. The molecule has 198 valence electrons. The second kappa shape index (κ2) is 10.8. The summed E-state index contributed by atoms with van der Waals surface area (Å²) in [4.78, 5) is 32.9. The van der Waals surface area contributed by atoms with Crippen LogP contribution in [-0.4, -0.2) is 65.4 Å². The van der Waals surface area contributed by atoms with E-state index in [9.17, 15) is 14.0 Å². The van der Waals surface area contributed by atoms with E-state index in [4.69, 9.17) is 10.5 Å². The summed E-state index contributed by atoms with van der Waals surface area (Å²) in [6, 6.07) is 7.25. The first-order valence-electron chi connectivity index (χ1n) is 13.5. The van der Waals surface area contributed by atoms with Crippen LogP contribution in [0.15, 0.2) is 36.5 Å². The van der Waals surface area contributed by atoms with Gasteiger partial charge in [-0.15, -0.1) is 0 Å². The molecule has 0 radical (unpaired) electrons. The van der Waals surface area contributed by atoms with Gasteiger partial charge in [0, 0.05) is 24.2 Å². The van der Waals surface area contributed by atoms with E-state index < -0.39 is 17.8 Å². The summed E-state index contributed by atoms with van der Waals surface area (Å²) < 4.78 is 21.0. The number of rotatable bonds is 8. The first-order valence-corrected chi connectivity index (χ1v) is 13.5. The van der Waals surface area contributed by atoms with Gasteiger partial charge in [-0.25, -0.2) is 4.39 Å². The lowest BCUT2D eigenvalue weighted by Crippen LogP contribution is -2.44. The minimum atomic E-state index is -0.632. The van der Waals surface area contributed by atoms with Crippen LogP contribution in [0.1, 0.15) is 62.2 Å². The highest BCUT2D eigenvalue weighted by Gasteiger charge is 2.35. The van der Waals surface area contributed by atoms with Crippen molar-refractivity contribution in [1.29, 1.82) is 0 Å². The topological polar surface area (TPSA) is 88.8 Å². The second-order valence-corrected chi connectivity index (χ2v) is 11.3. The number of benzene rings is 1. The zero-order valence-electron chi connectivity index (χ0n) is 21.6. The largest absolute Gasteiger partial charge is 0.492 e. The molecule has 2 N–H and O–H groups in total. The monoisotopic (exact) mass is 508 g/mol. The summed E-state index contributed by atoms with van der Waals surface area (Å²) in [5.41, 5.74) is 6.93. The van der Waals surface area contributed by atoms with Gasteiger partial charge < -0.3 is 20.3 Å². The summed E-state index contributed by atoms with van der Waals surface area (Å²) in [6.07, 6.45) is 9.27. The highest BCUT2D eigenvalue weighted by molar-refractivity contribution is 5.98. The van der Waals surface area contributed by atoms with E-state index in [0.29, 0.717) is 54.3 Å². The lowest BCUT2D eigenvalue weighted by atomic mass is 9.70. The molecule has 3 aliphatic rings. The van der Waals surface area contributed by atoms with Gasteiger partial charge in [0.1, 0.15) is 17.6 Å². The number of primary amides is 1. The smallest absolute Gasteiger partial charge is 0.254 e. The number of likely N-dealkylation sites (tertiary alicyclic amines) is 2. The lowest BCUT2D eigenvalue weighted by Gasteiger charge is -2.44. The van der Waals surface area contributed by atoms with Crippen molar-refractivity contribution in [2.24, 2.45) is 17.1 Å². The van der Waals surface area contributed by atoms with Crippen molar-refractivity contribution < 1.29 is 18.7 Å². The molecule has 0 unspecified atom stereocenters. The van der Waals surface area contributed by atoms with Crippen LogP contribution < -0.4 is 10.5 Å². The van der Waals surface area contributed by atoms with Crippen LogP contribution in [0.3, 0.4) is 0 Å². The van der Waals surface area contributed by atoms with Gasteiger partial charge in [-0.2, -0.15) is 0 Å². The molecule has 2 amide bonds. The highest BCUT2D eigenvalue weighted by atomic mass is 19.1. The van der Waals surface area contributed by atoms with Gasteiger partial charge in [0.25, 0.3) is 5.91 Å². The normalized spacial score (nSPS) is 22.0. The fraction of sp³-hybridized carbons (Fsp3) is 0.552. The van der Waals surface area contributed by atoms with Crippen LogP contribution in [0.2, 0.25) is 0 Å². The zero-order chi connectivity index (χ0) is 26.0. The number of halogens is 1. The summed E-state index contributed by atoms with van der Waals surface area (Å²) >= 11 is 0. The maximum atomic E-state index is 15.0. The quantitative estimate of drug-likeness (QED) is 0.576. The van der Waals surface area contributed by atoms with E-state index in [0.717, 1.165) is 25.9 Å². The molecule has 0 bridgehead atoms. The first-order chi connectivity index (χ1) is 17.8. The number of amides is 2. The number of aromatic nitrogens is 1. The summed E-state index contributed by atoms with van der Waals surface area (Å²) in [5, 5.41) is 0. The van der Waals surface area contributed by atoms with Crippen LogP contribution in [0, 0.1) is 17.2 Å². The van der Waals surface area contributed by atoms with E-state index in [1.54, 1.807) is 24.4 Å². The minimum absolute atomic E-state index is 0.196. The third-order valence-electron chi connectivity index (χ3n) is 8.43. The second-order valence-electron chi connectivity index (χ2n) is 11.3. The molecule has 1 atom stereocenters. The SMILES string of the molecule is CC1(CN2CCC(COc3ccc(-c4ccc(C(=O)N5CCC[C@H]5C(N)=O)cc4F)nc3)CC2)CCC1. The Bertz CT molecular complexity index is 1130. The Morgan fingerprint density at radius 1 is 1.11 bits per heavy atom. The number of pyridine rings is 1. The van der Waals surface area contributed by atoms with Crippen LogP contribution in [0.4, 0.5) is 4.39 Å². The molecule has 1 saturated carbocycles. The molecular formula is C29H37FN4O3. The summed E-state index contributed by atoms with van der Waals surface area (Å²) in [6.45, 7) is 7.03. The molecule has 2 aromatic rings. The number of ether oxygens (including phenoxy) is 1. The average molecular weight is 509 g/mol. The molecule has 1 aromatic carbocycles. The van der Waals surface area contributed by atoms with Gasteiger partial charge in [-0.1, -0.05) is 13.3 Å². The Morgan fingerprint density at radius 2 is 1.89 bits per heavy atom. The zero-order valence-corrected chi connectivity index (χ0v) is 21.6. The predicted molar refractivity (Wildman–Crippen MR) is 140 cm³/mol. The number of hydrogen-bond acceptors (Lipinski definition) is 5. The van der Waals surface area contributed by atoms with E-state index in [1.165, 1.54) is 36.8 Å². The molecule has 37 heavy (non-hydrogen) atoms. The number of piperidine rings is 1. The fourth-order valence-corrected chi connectivity index (χ4v) is 5.96. The standard InChI is InChI=1S/C29H37FN4O3/c1-29(11-3-12-29)19-33-14-9-20(10-15-33)18-37-22-6-8-25(32-17-22)23-7-5-21(16-24(23)30)28(36)34-13-2-4-26(34)27(31)35/h5-8,16-17,20,26H,2-4,9-15,18-19H2,1H3,(H2,31,35)/t26-/m0/s1. The Balaban J connectivity index is 1.14. The van der Waals surface area contributed by atoms with Crippen LogP contribution in [0.5, 0.6) is 5.75 Å². The maximum Gasteiger partial charge on any atom is 0.254 e. The van der Waals surface area contributed by atoms with Crippen molar-refractivity contribution in [1.82, 2.24) is 14.8 Å². The van der Waals surface area contributed by atoms with Crippen molar-refractivity contribution in [2.75, 3.05) is 32.8 Å². The van der Waals surface area contributed by atoms with E-state index in [1.807, 2.05) is 6.07 Å². The molecule has 7 nitrogen and oxygen atoms in total. The minimum Gasteiger partial charge on any atom is -0.492 e. The molecule has 3 heterocycles. The van der Waals surface area contributed by atoms with Gasteiger partial charge in [-0.05, 0) is 93.3 Å². The highest BCUT2D eigenvalue weighted by Crippen LogP contribution is 2.41. The summed E-state index contributed by atoms with van der Waals surface area (Å²) in [7, 11) is 0. The van der Waals surface area contributed by atoms with E-state index in [2.05, 4.69) is 16.8 Å². The Labute approximate surface area is 218 Å². The number of nitrogens with two attached hydrogens (primary N) is 1. The molecule has 2 saturated heterocycles. The van der Waals surface area contributed by atoms with Crippen molar-refractivity contribution in [3.05, 3.63) is 47.9 Å². The number of nitrogens with zero attached hydrogens (tertiary/aromatic N) is 3. The van der Waals surface area contributed by atoms with Gasteiger partial charge in [0.05, 0.1) is 18.5 Å². The molecule has 0 spiro atoms. The van der Waals surface area contributed by atoms with E-state index >= 15 is 0 Å². The molecule has 5 rings (SSSR count). The molecular weight excluding hydrogens is 471 g/mol. The number of carbonyl (C=O) groups is 2. The first kappa shape index (κ1) is 25.6. The van der Waals surface area contributed by atoms with Crippen molar-refractivity contribution in [2.45, 2.75) is 57.9 Å². The van der Waals surface area contributed by atoms with Crippen molar-refractivity contribution >= 4 is 11.8 Å². The number of hydrogen-bond donors (Lipinski definition) is 1. The van der Waals surface area contributed by atoms with E-state index in [-0.39, 0.29) is 11.5 Å². The molecule has 1 aromatic heterocycles. The Hall–Kier alpha value is -3.00. The van der Waals surface area contributed by atoms with Crippen LogP contribution in [0.25, 0.3) is 11.3 Å². The van der Waals surface area contributed by atoms with Gasteiger partial charge in [-0.3, -0.25) is 14.6 Å².